The van der Waals surface area contributed by atoms with E-state index in [2.05, 4.69) is 19.0 Å². The fraction of sp³-hybridized carbons (Fsp3) is 0.765. The molecule has 0 fully saturated rings. The van der Waals surface area contributed by atoms with Gasteiger partial charge >= 0.3 is 0 Å². The number of nitrogens with zero attached hydrogens (tertiary/aromatic N) is 1. The zero-order valence-corrected chi connectivity index (χ0v) is 15.0. The van der Waals surface area contributed by atoms with Gasteiger partial charge in [0.05, 0.1) is 11.3 Å². The number of aliphatic hydroxyl groups excluding tert-OH is 1. The number of carbonyl (C=O) groups excluding carboxylic acids is 1. The van der Waals surface area contributed by atoms with Crippen molar-refractivity contribution in [1.82, 2.24) is 0 Å². The molecule has 1 aliphatic carbocycles. The molecule has 0 aromatic heterocycles. The third kappa shape index (κ3) is 5.67. The van der Waals surface area contributed by atoms with Crippen LogP contribution in [0, 0.1) is 5.92 Å². The molecule has 0 aliphatic heterocycles. The van der Waals surface area contributed by atoms with Crippen LogP contribution in [0.15, 0.2) is 16.5 Å². The van der Waals surface area contributed by atoms with Gasteiger partial charge in [-0.15, -0.1) is 0 Å². The molecule has 2 atom stereocenters. The van der Waals surface area contributed by atoms with Gasteiger partial charge in [-0.1, -0.05) is 32.3 Å². The van der Waals surface area contributed by atoms with Crippen molar-refractivity contribution >= 4 is 23.3 Å². The van der Waals surface area contributed by atoms with Gasteiger partial charge in [0.2, 0.25) is 0 Å². The second-order valence-electron chi connectivity index (χ2n) is 5.73. The summed E-state index contributed by atoms with van der Waals surface area (Å²) >= 11 is 1.90. The number of ketones is 1. The van der Waals surface area contributed by atoms with Gasteiger partial charge in [-0.3, -0.25) is 4.79 Å². The minimum Gasteiger partial charge on any atom is -0.511 e. The van der Waals surface area contributed by atoms with Crippen molar-refractivity contribution in [3.63, 3.8) is 0 Å². The van der Waals surface area contributed by atoms with Gasteiger partial charge in [0.25, 0.3) is 0 Å². The largest absolute Gasteiger partial charge is 0.511 e. The second-order valence-corrected chi connectivity index (χ2v) is 7.44. The summed E-state index contributed by atoms with van der Waals surface area (Å²) in [6, 6.07) is 0. The molecule has 0 spiro atoms. The van der Waals surface area contributed by atoms with Crippen molar-refractivity contribution in [3.8, 4) is 0 Å². The van der Waals surface area contributed by atoms with Crippen molar-refractivity contribution in [3.05, 3.63) is 11.3 Å². The zero-order valence-electron chi connectivity index (χ0n) is 14.2. The maximum Gasteiger partial charge on any atom is 0.168 e. The Balaban J connectivity index is 2.85. The summed E-state index contributed by atoms with van der Waals surface area (Å²) in [6.45, 7) is 8.67. The van der Waals surface area contributed by atoms with E-state index in [1.54, 1.807) is 0 Å². The number of aliphatic hydroxyl groups is 1. The molecule has 0 radical (unpaired) electrons. The lowest BCUT2D eigenvalue weighted by Crippen LogP contribution is -2.26. The highest BCUT2D eigenvalue weighted by atomic mass is 32.2. The van der Waals surface area contributed by atoms with Gasteiger partial charge in [0.15, 0.2) is 5.78 Å². The lowest BCUT2D eigenvalue weighted by Gasteiger charge is -2.25. The number of allylic oxidation sites excluding steroid dienone is 2. The van der Waals surface area contributed by atoms with E-state index < -0.39 is 0 Å². The van der Waals surface area contributed by atoms with E-state index in [1.807, 2.05) is 25.6 Å². The van der Waals surface area contributed by atoms with E-state index in [1.165, 1.54) is 0 Å². The van der Waals surface area contributed by atoms with Crippen LogP contribution in [0.2, 0.25) is 0 Å². The lowest BCUT2D eigenvalue weighted by atomic mass is 9.82. The Morgan fingerprint density at radius 3 is 2.68 bits per heavy atom. The van der Waals surface area contributed by atoms with Crippen molar-refractivity contribution in [2.45, 2.75) is 65.0 Å². The molecule has 0 heterocycles. The fourth-order valence-corrected chi connectivity index (χ4v) is 3.86. The zero-order chi connectivity index (χ0) is 16.5. The average Bonchev–Trinajstić information content (AvgIpc) is 2.44. The van der Waals surface area contributed by atoms with Crippen LogP contribution in [-0.4, -0.2) is 34.2 Å². The van der Waals surface area contributed by atoms with Crippen LogP contribution in [0.3, 0.4) is 0 Å². The molecule has 0 aromatic carbocycles. The molecule has 2 unspecified atom stereocenters. The van der Waals surface area contributed by atoms with Crippen LogP contribution in [0.1, 0.15) is 59.8 Å². The van der Waals surface area contributed by atoms with E-state index in [-0.39, 0.29) is 17.5 Å². The molecule has 0 aromatic rings. The summed E-state index contributed by atoms with van der Waals surface area (Å²) in [5.41, 5.74) is 1.00. The summed E-state index contributed by atoms with van der Waals surface area (Å²) < 4.78 is 0. The topological polar surface area (TPSA) is 58.9 Å². The normalized spacial score (nSPS) is 21.2. The first-order valence-electron chi connectivity index (χ1n) is 8.29. The standard InChI is InChI=1S/C17H29NO3S/c1-5-8-14(18-21-6-2)17-15(19)10-13(11-16(17)20)9-12(4)22-7-3/h12-13,19H,5-11H2,1-4H3/b18-14-. The Bertz CT molecular complexity index is 432. The highest BCUT2D eigenvalue weighted by Gasteiger charge is 2.31. The molecule has 0 saturated heterocycles. The lowest BCUT2D eigenvalue weighted by molar-refractivity contribution is -0.116. The van der Waals surface area contributed by atoms with Crippen molar-refractivity contribution in [1.29, 1.82) is 0 Å². The van der Waals surface area contributed by atoms with Crippen LogP contribution in [0.25, 0.3) is 0 Å². The third-order valence-electron chi connectivity index (χ3n) is 3.72. The molecule has 126 valence electrons. The summed E-state index contributed by atoms with van der Waals surface area (Å²) in [5.74, 6) is 1.52. The Kier molecular flexibility index (Phi) is 8.61. The molecule has 4 nitrogen and oxygen atoms in total. The highest BCUT2D eigenvalue weighted by molar-refractivity contribution is 7.99. The van der Waals surface area contributed by atoms with Gasteiger partial charge in [-0.05, 0) is 31.4 Å². The molecule has 1 aliphatic rings. The SMILES string of the molecule is CCC/C(=N/OCC)C1=C(O)CC(CC(C)SCC)CC1=O. The first kappa shape index (κ1) is 19.1. The van der Waals surface area contributed by atoms with E-state index in [4.69, 9.17) is 4.84 Å². The molecule has 22 heavy (non-hydrogen) atoms. The van der Waals surface area contributed by atoms with Gasteiger partial charge < -0.3 is 9.94 Å². The summed E-state index contributed by atoms with van der Waals surface area (Å²) in [6.07, 6.45) is 3.56. The van der Waals surface area contributed by atoms with E-state index >= 15 is 0 Å². The van der Waals surface area contributed by atoms with Gasteiger partial charge in [0.1, 0.15) is 12.4 Å². The number of Topliss-reactive ketones (excluding diaryl/α,β-unsaturated/α-hetero) is 1. The number of thioether (sulfide) groups is 1. The molecule has 0 saturated carbocycles. The third-order valence-corrected chi connectivity index (χ3v) is 4.81. The number of hydrogen-bond donors (Lipinski definition) is 1. The Hall–Kier alpha value is -0.970. The van der Waals surface area contributed by atoms with Crippen LogP contribution in [0.4, 0.5) is 0 Å². The number of rotatable bonds is 9. The number of hydrogen-bond acceptors (Lipinski definition) is 5. The van der Waals surface area contributed by atoms with Crippen LogP contribution in [-0.2, 0) is 9.63 Å². The Morgan fingerprint density at radius 1 is 1.41 bits per heavy atom. The monoisotopic (exact) mass is 327 g/mol. The van der Waals surface area contributed by atoms with Gasteiger partial charge in [-0.25, -0.2) is 0 Å². The summed E-state index contributed by atoms with van der Waals surface area (Å²) in [7, 11) is 0. The van der Waals surface area contributed by atoms with Crippen molar-refractivity contribution < 1.29 is 14.7 Å². The smallest absolute Gasteiger partial charge is 0.168 e. The summed E-state index contributed by atoms with van der Waals surface area (Å²) in [4.78, 5) is 17.6. The van der Waals surface area contributed by atoms with E-state index in [9.17, 15) is 9.90 Å². The van der Waals surface area contributed by atoms with Crippen LogP contribution < -0.4 is 0 Å². The van der Waals surface area contributed by atoms with Crippen molar-refractivity contribution in [2.75, 3.05) is 12.4 Å². The minimum atomic E-state index is 0.00866. The van der Waals surface area contributed by atoms with Crippen LogP contribution in [0.5, 0.6) is 0 Å². The Morgan fingerprint density at radius 2 is 2.14 bits per heavy atom. The number of oxime groups is 1. The highest BCUT2D eigenvalue weighted by Crippen LogP contribution is 2.32. The fourth-order valence-electron chi connectivity index (χ4n) is 2.88. The summed E-state index contributed by atoms with van der Waals surface area (Å²) in [5, 5.41) is 14.9. The molecule has 5 heteroatoms. The molecule has 1 rings (SSSR count). The quantitative estimate of drug-likeness (QED) is 0.500. The Labute approximate surface area is 138 Å². The number of carbonyl (C=O) groups is 1. The van der Waals surface area contributed by atoms with Crippen LogP contribution >= 0.6 is 11.8 Å². The minimum absolute atomic E-state index is 0.00866. The van der Waals surface area contributed by atoms with Gasteiger partial charge in [-0.2, -0.15) is 11.8 Å². The first-order chi connectivity index (χ1) is 10.5. The predicted molar refractivity (Wildman–Crippen MR) is 93.6 cm³/mol. The molecule has 0 bridgehead atoms. The molecular weight excluding hydrogens is 298 g/mol. The molecule has 0 amide bonds. The molecule has 1 N–H and O–H groups in total. The van der Waals surface area contributed by atoms with Gasteiger partial charge in [0, 0.05) is 18.1 Å². The van der Waals surface area contributed by atoms with E-state index in [0.717, 1.165) is 18.6 Å². The second kappa shape index (κ2) is 9.93. The first-order valence-corrected chi connectivity index (χ1v) is 9.34. The maximum atomic E-state index is 12.5. The van der Waals surface area contributed by atoms with Crippen molar-refractivity contribution in [2.24, 2.45) is 11.1 Å². The molecular formula is C17H29NO3S. The average molecular weight is 327 g/mol. The predicted octanol–water partition coefficient (Wildman–Crippen LogP) is 4.50. The maximum absolute atomic E-state index is 12.5. The van der Waals surface area contributed by atoms with E-state index in [0.29, 0.717) is 42.4 Å².